The lowest BCUT2D eigenvalue weighted by Gasteiger charge is -2.15. The van der Waals surface area contributed by atoms with Crippen molar-refractivity contribution in [3.63, 3.8) is 0 Å². The first-order valence-corrected chi connectivity index (χ1v) is 4.53. The van der Waals surface area contributed by atoms with E-state index in [2.05, 4.69) is 26.1 Å². The Kier molecular flexibility index (Phi) is 5.72. The van der Waals surface area contributed by atoms with Crippen LogP contribution in [0.2, 0.25) is 0 Å². The highest BCUT2D eigenvalue weighted by atomic mass is 16.1. The zero-order valence-corrected chi connectivity index (χ0v) is 8.26. The second-order valence-electron chi connectivity index (χ2n) is 3.64. The zero-order chi connectivity index (χ0) is 9.56. The Morgan fingerprint density at radius 1 is 1.42 bits per heavy atom. The number of amides is 1. The van der Waals surface area contributed by atoms with Gasteiger partial charge in [0, 0.05) is 13.0 Å². The minimum Gasteiger partial charge on any atom is -0.370 e. The third kappa shape index (κ3) is 6.16. The molecule has 0 heterocycles. The minimum absolute atomic E-state index is 0.236. The zero-order valence-electron chi connectivity index (χ0n) is 8.26. The van der Waals surface area contributed by atoms with E-state index in [0.717, 1.165) is 6.54 Å². The molecule has 0 rings (SSSR count). The lowest BCUT2D eigenvalue weighted by atomic mass is 9.98. The fourth-order valence-electron chi connectivity index (χ4n) is 0.777. The van der Waals surface area contributed by atoms with Crippen LogP contribution in [0.4, 0.5) is 0 Å². The van der Waals surface area contributed by atoms with E-state index >= 15 is 0 Å². The first kappa shape index (κ1) is 11.4. The van der Waals surface area contributed by atoms with Crippen LogP contribution in [0.1, 0.15) is 27.2 Å². The van der Waals surface area contributed by atoms with Crippen molar-refractivity contribution in [2.75, 3.05) is 13.1 Å². The van der Waals surface area contributed by atoms with E-state index < -0.39 is 0 Å². The lowest BCUT2D eigenvalue weighted by molar-refractivity contribution is -0.117. The van der Waals surface area contributed by atoms with Gasteiger partial charge in [-0.1, -0.05) is 20.8 Å². The molecule has 0 aromatic rings. The van der Waals surface area contributed by atoms with Gasteiger partial charge in [0.1, 0.15) is 0 Å². The van der Waals surface area contributed by atoms with Gasteiger partial charge >= 0.3 is 0 Å². The van der Waals surface area contributed by atoms with Crippen molar-refractivity contribution in [2.45, 2.75) is 27.2 Å². The topological polar surface area (TPSA) is 55.1 Å². The Bertz CT molecular complexity index is 134. The Hall–Kier alpha value is -0.570. The standard InChI is InChI=1S/C9H20N2O/c1-7(2)8(3)6-11-5-4-9(10)12/h7-8,11H,4-6H2,1-3H3,(H2,10,12). The molecule has 0 saturated heterocycles. The van der Waals surface area contributed by atoms with Crippen molar-refractivity contribution in [1.82, 2.24) is 5.32 Å². The number of hydrogen-bond donors (Lipinski definition) is 2. The van der Waals surface area contributed by atoms with Gasteiger partial charge in [-0.3, -0.25) is 4.79 Å². The summed E-state index contributed by atoms with van der Waals surface area (Å²) in [5, 5.41) is 3.20. The first-order chi connectivity index (χ1) is 5.54. The van der Waals surface area contributed by atoms with Gasteiger partial charge in [0.15, 0.2) is 0 Å². The molecule has 0 aromatic heterocycles. The van der Waals surface area contributed by atoms with Crippen molar-refractivity contribution in [3.05, 3.63) is 0 Å². The van der Waals surface area contributed by atoms with Crippen LogP contribution in [0.5, 0.6) is 0 Å². The molecule has 0 spiro atoms. The Morgan fingerprint density at radius 2 is 2.00 bits per heavy atom. The van der Waals surface area contributed by atoms with Gasteiger partial charge in [-0.15, -0.1) is 0 Å². The molecule has 0 aliphatic carbocycles. The lowest BCUT2D eigenvalue weighted by Crippen LogP contribution is -2.27. The maximum Gasteiger partial charge on any atom is 0.218 e. The molecule has 0 aliphatic heterocycles. The molecular weight excluding hydrogens is 152 g/mol. The summed E-state index contributed by atoms with van der Waals surface area (Å²) in [7, 11) is 0. The largest absolute Gasteiger partial charge is 0.370 e. The van der Waals surface area contributed by atoms with Gasteiger partial charge in [-0.2, -0.15) is 0 Å². The molecule has 0 radical (unpaired) electrons. The minimum atomic E-state index is -0.236. The summed E-state index contributed by atoms with van der Waals surface area (Å²) in [5.41, 5.74) is 4.99. The number of carbonyl (C=O) groups is 1. The molecule has 0 aromatic carbocycles. The number of hydrogen-bond acceptors (Lipinski definition) is 2. The molecule has 3 nitrogen and oxygen atoms in total. The van der Waals surface area contributed by atoms with E-state index in [4.69, 9.17) is 5.73 Å². The van der Waals surface area contributed by atoms with Gasteiger partial charge in [0.25, 0.3) is 0 Å². The maximum absolute atomic E-state index is 10.4. The molecule has 72 valence electrons. The molecule has 12 heavy (non-hydrogen) atoms. The van der Waals surface area contributed by atoms with Gasteiger partial charge in [-0.05, 0) is 18.4 Å². The van der Waals surface area contributed by atoms with E-state index in [1.807, 2.05) is 0 Å². The van der Waals surface area contributed by atoms with Crippen LogP contribution in [-0.4, -0.2) is 19.0 Å². The number of nitrogens with two attached hydrogens (primary N) is 1. The maximum atomic E-state index is 10.4. The third-order valence-corrected chi connectivity index (χ3v) is 2.15. The number of carbonyl (C=O) groups excluding carboxylic acids is 1. The average molecular weight is 172 g/mol. The average Bonchev–Trinajstić information content (AvgIpc) is 1.97. The summed E-state index contributed by atoms with van der Waals surface area (Å²) in [6.45, 7) is 8.25. The molecule has 3 heteroatoms. The van der Waals surface area contributed by atoms with E-state index in [1.54, 1.807) is 0 Å². The molecule has 1 atom stereocenters. The van der Waals surface area contributed by atoms with Crippen LogP contribution in [0, 0.1) is 11.8 Å². The van der Waals surface area contributed by atoms with Crippen LogP contribution in [0.15, 0.2) is 0 Å². The summed E-state index contributed by atoms with van der Waals surface area (Å²) in [4.78, 5) is 10.4. The predicted octanol–water partition coefficient (Wildman–Crippen LogP) is 0.744. The monoisotopic (exact) mass is 172 g/mol. The van der Waals surface area contributed by atoms with E-state index in [0.29, 0.717) is 24.8 Å². The predicted molar refractivity (Wildman–Crippen MR) is 50.7 cm³/mol. The molecule has 0 fully saturated rings. The van der Waals surface area contributed by atoms with Crippen molar-refractivity contribution < 1.29 is 4.79 Å². The molecular formula is C9H20N2O. The molecule has 3 N–H and O–H groups in total. The van der Waals surface area contributed by atoms with Crippen LogP contribution >= 0.6 is 0 Å². The molecule has 0 saturated carbocycles. The van der Waals surface area contributed by atoms with Crippen molar-refractivity contribution >= 4 is 5.91 Å². The molecule has 1 unspecified atom stereocenters. The number of primary amides is 1. The van der Waals surface area contributed by atoms with Crippen LogP contribution in [0.3, 0.4) is 0 Å². The van der Waals surface area contributed by atoms with Gasteiger partial charge in [0.2, 0.25) is 5.91 Å². The Labute approximate surface area is 74.7 Å². The highest BCUT2D eigenvalue weighted by Gasteiger charge is 2.05. The second-order valence-corrected chi connectivity index (χ2v) is 3.64. The van der Waals surface area contributed by atoms with Crippen molar-refractivity contribution in [3.8, 4) is 0 Å². The summed E-state index contributed by atoms with van der Waals surface area (Å²) >= 11 is 0. The Morgan fingerprint density at radius 3 is 2.42 bits per heavy atom. The third-order valence-electron chi connectivity index (χ3n) is 2.15. The molecule has 1 amide bonds. The van der Waals surface area contributed by atoms with Crippen molar-refractivity contribution in [1.29, 1.82) is 0 Å². The molecule has 0 bridgehead atoms. The summed E-state index contributed by atoms with van der Waals surface area (Å²) in [5.74, 6) is 1.10. The van der Waals surface area contributed by atoms with Gasteiger partial charge in [-0.25, -0.2) is 0 Å². The number of rotatable bonds is 6. The highest BCUT2D eigenvalue weighted by Crippen LogP contribution is 2.07. The number of nitrogens with one attached hydrogen (secondary N) is 1. The summed E-state index contributed by atoms with van der Waals surface area (Å²) < 4.78 is 0. The van der Waals surface area contributed by atoms with Crippen LogP contribution < -0.4 is 11.1 Å². The second kappa shape index (κ2) is 6.00. The smallest absolute Gasteiger partial charge is 0.218 e. The van der Waals surface area contributed by atoms with Gasteiger partial charge in [0.05, 0.1) is 0 Å². The fourth-order valence-corrected chi connectivity index (χ4v) is 0.777. The fraction of sp³-hybridized carbons (Fsp3) is 0.889. The van der Waals surface area contributed by atoms with Gasteiger partial charge < -0.3 is 11.1 Å². The van der Waals surface area contributed by atoms with E-state index in [-0.39, 0.29) is 5.91 Å². The normalized spacial score (nSPS) is 13.3. The summed E-state index contributed by atoms with van der Waals surface area (Å²) in [6, 6.07) is 0. The van der Waals surface area contributed by atoms with Crippen LogP contribution in [-0.2, 0) is 4.79 Å². The highest BCUT2D eigenvalue weighted by molar-refractivity contribution is 5.73. The molecule has 0 aliphatic rings. The summed E-state index contributed by atoms with van der Waals surface area (Å²) in [6.07, 6.45) is 0.435. The quantitative estimate of drug-likeness (QED) is 0.581. The SMILES string of the molecule is CC(C)C(C)CNCCC(N)=O. The van der Waals surface area contributed by atoms with Crippen molar-refractivity contribution in [2.24, 2.45) is 17.6 Å². The first-order valence-electron chi connectivity index (χ1n) is 4.53. The van der Waals surface area contributed by atoms with E-state index in [1.165, 1.54) is 0 Å². The Balaban J connectivity index is 3.25. The van der Waals surface area contributed by atoms with E-state index in [9.17, 15) is 4.79 Å². The van der Waals surface area contributed by atoms with Crippen LogP contribution in [0.25, 0.3) is 0 Å².